The van der Waals surface area contributed by atoms with Gasteiger partial charge in [-0.05, 0) is 39.3 Å². The molecule has 2 atom stereocenters. The molecule has 1 saturated heterocycles. The molecule has 138 valence electrons. The van der Waals surface area contributed by atoms with E-state index in [4.69, 9.17) is 14.2 Å². The van der Waals surface area contributed by atoms with Gasteiger partial charge in [-0.15, -0.1) is 0 Å². The number of rotatable bonds is 3. The number of pyridine rings is 1. The smallest absolute Gasteiger partial charge is 0.410 e. The summed E-state index contributed by atoms with van der Waals surface area (Å²) >= 11 is 0. The SMILES string of the molecule is COC(=O)[C@@H]1CCN(C(=O)OC(C)(C)C)C[C@H]1c1ccc(OC)cn1. The van der Waals surface area contributed by atoms with Crippen molar-refractivity contribution in [2.45, 2.75) is 38.7 Å². The first-order valence-corrected chi connectivity index (χ1v) is 8.31. The Morgan fingerprint density at radius 1 is 1.24 bits per heavy atom. The first-order chi connectivity index (χ1) is 11.7. The van der Waals surface area contributed by atoms with Crippen LogP contribution in [0.1, 0.15) is 38.8 Å². The summed E-state index contributed by atoms with van der Waals surface area (Å²) < 4.78 is 15.5. The highest BCUT2D eigenvalue weighted by Gasteiger charge is 2.39. The molecule has 1 amide bonds. The Kier molecular flexibility index (Phi) is 5.87. The minimum Gasteiger partial charge on any atom is -0.495 e. The maximum atomic E-state index is 12.4. The Hall–Kier alpha value is -2.31. The molecule has 2 rings (SSSR count). The van der Waals surface area contributed by atoms with E-state index in [1.54, 1.807) is 24.3 Å². The van der Waals surface area contributed by atoms with Crippen LogP contribution in [0.15, 0.2) is 18.3 Å². The van der Waals surface area contributed by atoms with E-state index in [0.717, 1.165) is 5.69 Å². The third kappa shape index (κ3) is 4.84. The van der Waals surface area contributed by atoms with Crippen molar-refractivity contribution in [2.75, 3.05) is 27.3 Å². The summed E-state index contributed by atoms with van der Waals surface area (Å²) in [4.78, 5) is 30.6. The number of esters is 1. The predicted octanol–water partition coefficient (Wildman–Crippen LogP) is 2.60. The number of piperidine rings is 1. The van der Waals surface area contributed by atoms with Gasteiger partial charge in [0.25, 0.3) is 0 Å². The average Bonchev–Trinajstić information content (AvgIpc) is 2.59. The third-order valence-electron chi connectivity index (χ3n) is 4.14. The summed E-state index contributed by atoms with van der Waals surface area (Å²) in [5, 5.41) is 0. The minimum absolute atomic E-state index is 0.250. The number of hydrogen-bond acceptors (Lipinski definition) is 6. The molecule has 25 heavy (non-hydrogen) atoms. The van der Waals surface area contributed by atoms with Gasteiger partial charge < -0.3 is 19.1 Å². The second-order valence-electron chi connectivity index (χ2n) is 7.07. The Balaban J connectivity index is 2.22. The van der Waals surface area contributed by atoms with E-state index >= 15 is 0 Å². The van der Waals surface area contributed by atoms with E-state index in [-0.39, 0.29) is 23.9 Å². The lowest BCUT2D eigenvalue weighted by atomic mass is 9.83. The Morgan fingerprint density at radius 2 is 1.96 bits per heavy atom. The number of carbonyl (C=O) groups excluding carboxylic acids is 2. The van der Waals surface area contributed by atoms with Crippen molar-refractivity contribution in [1.82, 2.24) is 9.88 Å². The van der Waals surface area contributed by atoms with Gasteiger partial charge >= 0.3 is 12.1 Å². The lowest BCUT2D eigenvalue weighted by Crippen LogP contribution is -2.47. The summed E-state index contributed by atoms with van der Waals surface area (Å²) in [6, 6.07) is 3.61. The highest BCUT2D eigenvalue weighted by molar-refractivity contribution is 5.75. The lowest BCUT2D eigenvalue weighted by Gasteiger charge is -2.37. The van der Waals surface area contributed by atoms with E-state index in [9.17, 15) is 9.59 Å². The predicted molar refractivity (Wildman–Crippen MR) is 91.5 cm³/mol. The molecular formula is C18H26N2O5. The number of ether oxygens (including phenoxy) is 3. The first kappa shape index (κ1) is 19.0. The van der Waals surface area contributed by atoms with Crippen LogP contribution in [0.4, 0.5) is 4.79 Å². The van der Waals surface area contributed by atoms with Crippen LogP contribution in [-0.2, 0) is 14.3 Å². The molecule has 1 aromatic rings. The number of aromatic nitrogens is 1. The lowest BCUT2D eigenvalue weighted by molar-refractivity contribution is -0.148. The van der Waals surface area contributed by atoms with Crippen LogP contribution >= 0.6 is 0 Å². The van der Waals surface area contributed by atoms with Crippen LogP contribution in [0.2, 0.25) is 0 Å². The zero-order valence-electron chi connectivity index (χ0n) is 15.4. The molecule has 1 aliphatic rings. The number of amides is 1. The van der Waals surface area contributed by atoms with Gasteiger partial charge in [-0.25, -0.2) is 4.79 Å². The van der Waals surface area contributed by atoms with Crippen LogP contribution in [-0.4, -0.2) is 54.9 Å². The maximum absolute atomic E-state index is 12.4. The summed E-state index contributed by atoms with van der Waals surface area (Å²) in [5.41, 5.74) is 0.161. The van der Waals surface area contributed by atoms with Crippen molar-refractivity contribution >= 4 is 12.1 Å². The highest BCUT2D eigenvalue weighted by Crippen LogP contribution is 2.33. The van der Waals surface area contributed by atoms with Crippen LogP contribution in [0.3, 0.4) is 0 Å². The molecule has 7 heteroatoms. The van der Waals surface area contributed by atoms with E-state index in [1.807, 2.05) is 26.8 Å². The topological polar surface area (TPSA) is 78.0 Å². The van der Waals surface area contributed by atoms with Gasteiger partial charge in [-0.1, -0.05) is 0 Å². The summed E-state index contributed by atoms with van der Waals surface area (Å²) in [7, 11) is 2.94. The van der Waals surface area contributed by atoms with E-state index in [1.165, 1.54) is 7.11 Å². The fourth-order valence-corrected chi connectivity index (χ4v) is 2.91. The molecule has 7 nitrogen and oxygen atoms in total. The molecule has 1 aliphatic heterocycles. The van der Waals surface area contributed by atoms with Crippen molar-refractivity contribution in [3.63, 3.8) is 0 Å². The quantitative estimate of drug-likeness (QED) is 0.780. The zero-order valence-corrected chi connectivity index (χ0v) is 15.4. The number of nitrogens with zero attached hydrogens (tertiary/aromatic N) is 2. The van der Waals surface area contributed by atoms with Crippen molar-refractivity contribution in [3.8, 4) is 5.75 Å². The van der Waals surface area contributed by atoms with E-state index in [0.29, 0.717) is 25.3 Å². The molecule has 0 unspecified atom stereocenters. The zero-order chi connectivity index (χ0) is 18.6. The summed E-state index contributed by atoms with van der Waals surface area (Å²) in [6.07, 6.45) is 1.73. The Morgan fingerprint density at radius 3 is 2.48 bits per heavy atom. The maximum Gasteiger partial charge on any atom is 0.410 e. The molecule has 0 spiro atoms. The molecule has 0 saturated carbocycles. The number of hydrogen-bond donors (Lipinski definition) is 0. The fraction of sp³-hybridized carbons (Fsp3) is 0.611. The van der Waals surface area contributed by atoms with Crippen LogP contribution in [0, 0.1) is 5.92 Å². The summed E-state index contributed by atoms with van der Waals surface area (Å²) in [6.45, 7) is 6.28. The molecule has 1 fully saturated rings. The molecule has 0 radical (unpaired) electrons. The second kappa shape index (κ2) is 7.72. The number of likely N-dealkylation sites (tertiary alicyclic amines) is 1. The van der Waals surface area contributed by atoms with Crippen molar-refractivity contribution in [3.05, 3.63) is 24.0 Å². The molecular weight excluding hydrogens is 324 g/mol. The molecule has 0 bridgehead atoms. The van der Waals surface area contributed by atoms with Crippen LogP contribution in [0.5, 0.6) is 5.75 Å². The van der Waals surface area contributed by atoms with Crippen molar-refractivity contribution < 1.29 is 23.8 Å². The highest BCUT2D eigenvalue weighted by atomic mass is 16.6. The summed E-state index contributed by atoms with van der Waals surface area (Å²) in [5.74, 6) is -0.242. The van der Waals surface area contributed by atoms with Gasteiger partial charge in [0.2, 0.25) is 0 Å². The first-order valence-electron chi connectivity index (χ1n) is 8.31. The Bertz CT molecular complexity index is 609. The van der Waals surface area contributed by atoms with Gasteiger partial charge in [-0.2, -0.15) is 0 Å². The van der Waals surface area contributed by atoms with E-state index < -0.39 is 5.60 Å². The van der Waals surface area contributed by atoms with Gasteiger partial charge in [0, 0.05) is 24.7 Å². The van der Waals surface area contributed by atoms with Gasteiger partial charge in [0.1, 0.15) is 11.4 Å². The molecule has 0 aromatic carbocycles. The number of methoxy groups -OCH3 is 2. The third-order valence-corrected chi connectivity index (χ3v) is 4.14. The van der Waals surface area contributed by atoms with Gasteiger partial charge in [-0.3, -0.25) is 9.78 Å². The molecule has 2 heterocycles. The second-order valence-corrected chi connectivity index (χ2v) is 7.07. The van der Waals surface area contributed by atoms with Gasteiger partial charge in [0.05, 0.1) is 26.3 Å². The fourth-order valence-electron chi connectivity index (χ4n) is 2.91. The van der Waals surface area contributed by atoms with Crippen molar-refractivity contribution in [1.29, 1.82) is 0 Å². The van der Waals surface area contributed by atoms with Crippen LogP contribution in [0.25, 0.3) is 0 Å². The standard InChI is InChI=1S/C18H26N2O5/c1-18(2,3)25-17(22)20-9-8-13(16(21)24-5)14(11-20)15-7-6-12(23-4)10-19-15/h6-7,10,13-14H,8-9,11H2,1-5H3/t13-,14-/m1/s1. The van der Waals surface area contributed by atoms with Crippen molar-refractivity contribution in [2.24, 2.45) is 5.92 Å². The van der Waals surface area contributed by atoms with Gasteiger partial charge in [0.15, 0.2) is 0 Å². The Labute approximate surface area is 148 Å². The largest absolute Gasteiger partial charge is 0.495 e. The molecule has 0 N–H and O–H groups in total. The minimum atomic E-state index is -0.565. The molecule has 1 aromatic heterocycles. The monoisotopic (exact) mass is 350 g/mol. The van der Waals surface area contributed by atoms with E-state index in [2.05, 4.69) is 4.98 Å². The average molecular weight is 350 g/mol. The molecule has 0 aliphatic carbocycles. The van der Waals surface area contributed by atoms with Crippen LogP contribution < -0.4 is 4.74 Å². The normalized spacial score (nSPS) is 20.8. The number of carbonyl (C=O) groups is 2.